The van der Waals surface area contributed by atoms with Gasteiger partial charge in [-0.25, -0.2) is 4.39 Å². The van der Waals surface area contributed by atoms with E-state index in [9.17, 15) is 14.3 Å². The van der Waals surface area contributed by atoms with Crippen molar-refractivity contribution in [3.8, 4) is 0 Å². The Morgan fingerprint density at radius 3 is 2.68 bits per heavy atom. The van der Waals surface area contributed by atoms with Crippen LogP contribution in [0.4, 0.5) is 4.39 Å². The van der Waals surface area contributed by atoms with Crippen molar-refractivity contribution >= 4 is 5.91 Å². The zero-order valence-electron chi connectivity index (χ0n) is 14.2. The largest absolute Gasteiger partial charge is 0.393 e. The molecule has 1 aromatic heterocycles. The maximum absolute atomic E-state index is 14.2. The summed E-state index contributed by atoms with van der Waals surface area (Å²) in [5, 5.41) is 17.0. The van der Waals surface area contributed by atoms with Crippen LogP contribution in [0.5, 0.6) is 0 Å². The molecule has 6 heteroatoms. The van der Waals surface area contributed by atoms with Gasteiger partial charge >= 0.3 is 0 Å². The minimum atomic E-state index is -0.756. The van der Waals surface area contributed by atoms with Crippen molar-refractivity contribution in [1.29, 1.82) is 0 Å². The van der Waals surface area contributed by atoms with Crippen LogP contribution in [0.1, 0.15) is 42.9 Å². The molecule has 0 aliphatic heterocycles. The molecule has 1 amide bonds. The van der Waals surface area contributed by atoms with E-state index in [1.165, 1.54) is 6.07 Å². The second-order valence-corrected chi connectivity index (χ2v) is 7.35. The highest BCUT2D eigenvalue weighted by Gasteiger charge is 2.53. The molecule has 2 aliphatic rings. The van der Waals surface area contributed by atoms with Crippen molar-refractivity contribution < 1.29 is 14.3 Å². The number of aliphatic hydroxyl groups excluding tert-OH is 1. The minimum absolute atomic E-state index is 0.132. The van der Waals surface area contributed by atoms with Crippen LogP contribution in [0.3, 0.4) is 0 Å². The number of rotatable bonds is 5. The minimum Gasteiger partial charge on any atom is -0.393 e. The van der Waals surface area contributed by atoms with Crippen LogP contribution in [0.15, 0.2) is 36.7 Å². The number of hydrogen-bond donors (Lipinski definition) is 2. The van der Waals surface area contributed by atoms with Crippen molar-refractivity contribution in [1.82, 2.24) is 15.1 Å². The smallest absolute Gasteiger partial charge is 0.231 e. The highest BCUT2D eigenvalue weighted by Crippen LogP contribution is 2.50. The van der Waals surface area contributed by atoms with Crippen LogP contribution in [-0.4, -0.2) is 26.9 Å². The van der Waals surface area contributed by atoms with Crippen LogP contribution >= 0.6 is 0 Å². The molecule has 5 nitrogen and oxygen atoms in total. The number of aromatic nitrogens is 2. The zero-order valence-corrected chi connectivity index (χ0v) is 14.2. The monoisotopic (exact) mass is 343 g/mol. The fourth-order valence-corrected chi connectivity index (χ4v) is 3.85. The molecule has 1 heterocycles. The van der Waals surface area contributed by atoms with E-state index >= 15 is 0 Å². The van der Waals surface area contributed by atoms with Crippen LogP contribution in [0.2, 0.25) is 0 Å². The van der Waals surface area contributed by atoms with Crippen molar-refractivity contribution in [2.24, 2.45) is 13.0 Å². The van der Waals surface area contributed by atoms with Crippen molar-refractivity contribution in [3.63, 3.8) is 0 Å². The number of carbonyl (C=O) groups is 1. The van der Waals surface area contributed by atoms with Gasteiger partial charge in [-0.05, 0) is 37.7 Å². The van der Waals surface area contributed by atoms with E-state index in [0.29, 0.717) is 31.2 Å². The third-order valence-corrected chi connectivity index (χ3v) is 5.57. The van der Waals surface area contributed by atoms with Gasteiger partial charge < -0.3 is 10.4 Å². The highest BCUT2D eigenvalue weighted by molar-refractivity contribution is 5.91. The molecular formula is C19H22FN3O2. The van der Waals surface area contributed by atoms with E-state index in [2.05, 4.69) is 10.4 Å². The van der Waals surface area contributed by atoms with Crippen molar-refractivity contribution in [2.45, 2.75) is 43.2 Å². The Hall–Kier alpha value is -2.21. The number of nitrogens with one attached hydrogen (secondary N) is 1. The SMILES string of the molecule is Cn1cc(C(NC(=O)C2(c3ccccc3F)CC2)C2CC(O)C2)cn1. The maximum Gasteiger partial charge on any atom is 0.231 e. The summed E-state index contributed by atoms with van der Waals surface area (Å²) in [4.78, 5) is 13.0. The Labute approximate surface area is 145 Å². The quantitative estimate of drug-likeness (QED) is 0.875. The van der Waals surface area contributed by atoms with Gasteiger partial charge in [-0.3, -0.25) is 9.48 Å². The normalized spacial score (nSPS) is 25.1. The second-order valence-electron chi connectivity index (χ2n) is 7.35. The third-order valence-electron chi connectivity index (χ3n) is 5.57. The molecule has 1 aromatic carbocycles. The van der Waals surface area contributed by atoms with E-state index in [4.69, 9.17) is 0 Å². The number of carbonyl (C=O) groups excluding carboxylic acids is 1. The Balaban J connectivity index is 1.58. The van der Waals surface area contributed by atoms with Crippen LogP contribution in [0, 0.1) is 11.7 Å². The summed E-state index contributed by atoms with van der Waals surface area (Å²) < 4.78 is 15.9. The Bertz CT molecular complexity index is 793. The third kappa shape index (κ3) is 2.84. The van der Waals surface area contributed by atoms with Crippen molar-refractivity contribution in [3.05, 3.63) is 53.6 Å². The highest BCUT2D eigenvalue weighted by atomic mass is 19.1. The average molecular weight is 343 g/mol. The van der Waals surface area contributed by atoms with E-state index in [0.717, 1.165) is 5.56 Å². The second kappa shape index (κ2) is 5.95. The summed E-state index contributed by atoms with van der Waals surface area (Å²) in [6.07, 6.45) is 5.97. The number of hydrogen-bond acceptors (Lipinski definition) is 3. The lowest BCUT2D eigenvalue weighted by molar-refractivity contribution is -0.125. The van der Waals surface area contributed by atoms with Gasteiger partial charge in [0, 0.05) is 24.4 Å². The van der Waals surface area contributed by atoms with Gasteiger partial charge in [-0.2, -0.15) is 5.10 Å². The van der Waals surface area contributed by atoms with Gasteiger partial charge in [-0.1, -0.05) is 18.2 Å². The predicted molar refractivity (Wildman–Crippen MR) is 90.1 cm³/mol. The molecule has 0 bridgehead atoms. The summed E-state index contributed by atoms with van der Waals surface area (Å²) in [7, 11) is 1.83. The standard InChI is InChI=1S/C19H22FN3O2/c1-23-11-13(10-21-23)17(12-8-14(24)9-12)22-18(25)19(6-7-19)15-4-2-3-5-16(15)20/h2-5,10-12,14,17,24H,6-9H2,1H3,(H,22,25). The maximum atomic E-state index is 14.2. The van der Waals surface area contributed by atoms with Crippen molar-refractivity contribution in [2.75, 3.05) is 0 Å². The fraction of sp³-hybridized carbons (Fsp3) is 0.474. The lowest BCUT2D eigenvalue weighted by Gasteiger charge is -2.38. The van der Waals surface area contributed by atoms with Gasteiger partial charge in [0.2, 0.25) is 5.91 Å². The lowest BCUT2D eigenvalue weighted by Crippen LogP contribution is -2.44. The van der Waals surface area contributed by atoms with Gasteiger partial charge in [0.1, 0.15) is 5.82 Å². The summed E-state index contributed by atoms with van der Waals surface area (Å²) in [5.41, 5.74) is 0.650. The molecule has 1 atom stereocenters. The fourth-order valence-electron chi connectivity index (χ4n) is 3.85. The molecule has 2 fully saturated rings. The molecule has 0 saturated heterocycles. The van der Waals surface area contributed by atoms with E-state index in [-0.39, 0.29) is 29.8 Å². The number of halogens is 1. The molecular weight excluding hydrogens is 321 g/mol. The van der Waals surface area contributed by atoms with Gasteiger partial charge in [-0.15, -0.1) is 0 Å². The van der Waals surface area contributed by atoms with Crippen LogP contribution in [0.25, 0.3) is 0 Å². The average Bonchev–Trinajstić information content (AvgIpc) is 3.26. The molecule has 2 aromatic rings. The number of amides is 1. The molecule has 2 saturated carbocycles. The molecule has 1 unspecified atom stereocenters. The topological polar surface area (TPSA) is 67.2 Å². The number of aryl methyl sites for hydroxylation is 1. The first kappa shape index (κ1) is 16.3. The molecule has 2 aliphatic carbocycles. The number of nitrogens with zero attached hydrogens (tertiary/aromatic N) is 2. The van der Waals surface area contributed by atoms with E-state index in [1.807, 2.05) is 13.2 Å². The van der Waals surface area contributed by atoms with Crippen LogP contribution < -0.4 is 5.32 Å². The first-order valence-electron chi connectivity index (χ1n) is 8.72. The molecule has 4 rings (SSSR count). The summed E-state index contributed by atoms with van der Waals surface area (Å²) in [6, 6.07) is 6.32. The predicted octanol–water partition coefficient (Wildman–Crippen LogP) is 2.22. The van der Waals surface area contributed by atoms with E-state index in [1.54, 1.807) is 29.1 Å². The zero-order chi connectivity index (χ0) is 17.6. The Morgan fingerprint density at radius 2 is 2.12 bits per heavy atom. The van der Waals surface area contributed by atoms with Crippen LogP contribution in [-0.2, 0) is 17.3 Å². The first-order valence-corrected chi connectivity index (χ1v) is 8.72. The molecule has 0 radical (unpaired) electrons. The summed E-state index contributed by atoms with van der Waals surface area (Å²) in [5.74, 6) is -0.278. The first-order chi connectivity index (χ1) is 12.0. The Kier molecular flexibility index (Phi) is 3.87. The molecule has 0 spiro atoms. The molecule has 2 N–H and O–H groups in total. The van der Waals surface area contributed by atoms with Gasteiger partial charge in [0.15, 0.2) is 0 Å². The Morgan fingerprint density at radius 1 is 1.40 bits per heavy atom. The summed E-state index contributed by atoms with van der Waals surface area (Å²) in [6.45, 7) is 0. The van der Waals surface area contributed by atoms with E-state index < -0.39 is 5.41 Å². The number of aliphatic hydroxyl groups is 1. The molecule has 25 heavy (non-hydrogen) atoms. The summed E-state index contributed by atoms with van der Waals surface area (Å²) >= 11 is 0. The number of benzene rings is 1. The molecule has 132 valence electrons. The lowest BCUT2D eigenvalue weighted by atomic mass is 9.75. The van der Waals surface area contributed by atoms with Gasteiger partial charge in [0.05, 0.1) is 23.8 Å². The van der Waals surface area contributed by atoms with Gasteiger partial charge in [0.25, 0.3) is 0 Å².